The molecule has 2 aliphatic rings. The van der Waals surface area contributed by atoms with E-state index in [1.54, 1.807) is 12.4 Å². The third-order valence-corrected chi connectivity index (χ3v) is 6.05. The molecule has 1 N–H and O–H groups in total. The van der Waals surface area contributed by atoms with Gasteiger partial charge >= 0.3 is 0 Å². The largest absolute Gasteiger partial charge is 0.368 e. The Bertz CT molecular complexity index is 1050. The van der Waals surface area contributed by atoms with Crippen LogP contribution < -0.4 is 5.32 Å². The molecule has 0 unspecified atom stereocenters. The van der Waals surface area contributed by atoms with Crippen LogP contribution in [0.5, 0.6) is 0 Å². The second-order valence-electron chi connectivity index (χ2n) is 8.27. The van der Waals surface area contributed by atoms with Gasteiger partial charge in [-0.05, 0) is 56.4 Å². The maximum Gasteiger partial charge on any atom is 0.252 e. The van der Waals surface area contributed by atoms with E-state index in [0.29, 0.717) is 24.8 Å². The van der Waals surface area contributed by atoms with Crippen LogP contribution in [0.4, 0.5) is 11.5 Å². The minimum atomic E-state index is -0.338. The van der Waals surface area contributed by atoms with Gasteiger partial charge < -0.3 is 15.0 Å². The summed E-state index contributed by atoms with van der Waals surface area (Å²) in [6.07, 6.45) is 7.82. The fraction of sp³-hybridized carbons (Fsp3) is 0.360. The van der Waals surface area contributed by atoms with E-state index in [1.165, 1.54) is 0 Å². The molecule has 0 saturated carbocycles. The average Bonchev–Trinajstić information content (AvgIpc) is 3.35. The molecule has 1 aromatic carbocycles. The lowest BCUT2D eigenvalue weighted by Crippen LogP contribution is -2.41. The van der Waals surface area contributed by atoms with Gasteiger partial charge in [0, 0.05) is 42.9 Å². The molecule has 7 nitrogen and oxygen atoms in total. The van der Waals surface area contributed by atoms with Gasteiger partial charge in [-0.2, -0.15) is 0 Å². The van der Waals surface area contributed by atoms with Crippen LogP contribution in [0.2, 0.25) is 0 Å². The summed E-state index contributed by atoms with van der Waals surface area (Å²) in [6, 6.07) is 15.6. The van der Waals surface area contributed by atoms with Gasteiger partial charge in [0.1, 0.15) is 11.9 Å². The van der Waals surface area contributed by atoms with Crippen molar-refractivity contribution in [1.82, 2.24) is 19.9 Å². The quantitative estimate of drug-likeness (QED) is 0.643. The fourth-order valence-corrected chi connectivity index (χ4v) is 4.44. The highest BCUT2D eigenvalue weighted by atomic mass is 16.5. The predicted octanol–water partition coefficient (Wildman–Crippen LogP) is 4.51. The van der Waals surface area contributed by atoms with E-state index in [-0.39, 0.29) is 18.1 Å². The zero-order chi connectivity index (χ0) is 21.8. The fourth-order valence-electron chi connectivity index (χ4n) is 4.44. The summed E-state index contributed by atoms with van der Waals surface area (Å²) < 4.78 is 5.78. The Morgan fingerprint density at radius 2 is 1.84 bits per heavy atom. The van der Waals surface area contributed by atoms with Crippen molar-refractivity contribution in [2.75, 3.05) is 18.5 Å². The monoisotopic (exact) mass is 429 g/mol. The Balaban J connectivity index is 1.48. The lowest BCUT2D eigenvalue weighted by Gasteiger charge is -2.30. The first-order chi connectivity index (χ1) is 15.8. The molecule has 2 atom stereocenters. The van der Waals surface area contributed by atoms with Crippen LogP contribution in [0.25, 0.3) is 11.3 Å². The average molecular weight is 430 g/mol. The molecule has 1 amide bonds. The minimum Gasteiger partial charge on any atom is -0.368 e. The number of carbonyl (C=O) groups is 1. The second-order valence-corrected chi connectivity index (χ2v) is 8.27. The van der Waals surface area contributed by atoms with Crippen LogP contribution in [0.15, 0.2) is 60.9 Å². The zero-order valence-corrected chi connectivity index (χ0v) is 18.0. The van der Waals surface area contributed by atoms with Gasteiger partial charge in [-0.3, -0.25) is 9.78 Å². The van der Waals surface area contributed by atoms with Gasteiger partial charge in [-0.25, -0.2) is 9.97 Å². The summed E-state index contributed by atoms with van der Waals surface area (Å²) in [7, 11) is 0. The van der Waals surface area contributed by atoms with E-state index in [0.717, 1.165) is 49.0 Å². The Labute approximate surface area is 187 Å². The summed E-state index contributed by atoms with van der Waals surface area (Å²) in [4.78, 5) is 29.0. The Morgan fingerprint density at radius 1 is 1.00 bits per heavy atom. The van der Waals surface area contributed by atoms with Gasteiger partial charge in [0.25, 0.3) is 5.91 Å². The van der Waals surface area contributed by atoms with Crippen molar-refractivity contribution >= 4 is 17.4 Å². The molecule has 32 heavy (non-hydrogen) atoms. The Kier molecular flexibility index (Phi) is 6.07. The maximum absolute atomic E-state index is 13.2. The Hall–Kier alpha value is -3.32. The molecular formula is C25H27N5O2. The SMILES string of the molecule is O=C([C@@H]1CCCCO1)N1CCC[C@@H]1c1nc(Nc2ccccc2)cc(-c2ccncc2)n1. The van der Waals surface area contributed by atoms with E-state index in [2.05, 4.69) is 10.3 Å². The standard InChI is InChI=1S/C25H27N5O2/c31-25(22-10-4-5-16-32-22)30-15-6-9-21(30)24-28-20(18-11-13-26-14-12-18)17-23(29-24)27-19-7-2-1-3-8-19/h1-3,7-8,11-14,17,21-22H,4-6,9-10,15-16H2,(H,27,28,29)/t21-,22+/m1/s1. The first kappa shape index (κ1) is 20.6. The molecule has 0 radical (unpaired) electrons. The van der Waals surface area contributed by atoms with Crippen molar-refractivity contribution in [2.24, 2.45) is 0 Å². The number of hydrogen-bond donors (Lipinski definition) is 1. The van der Waals surface area contributed by atoms with Crippen LogP contribution >= 0.6 is 0 Å². The number of aromatic nitrogens is 3. The summed E-state index contributed by atoms with van der Waals surface area (Å²) in [5, 5.41) is 3.39. The van der Waals surface area contributed by atoms with Gasteiger partial charge in [0.2, 0.25) is 0 Å². The highest BCUT2D eigenvalue weighted by molar-refractivity contribution is 5.81. The van der Waals surface area contributed by atoms with E-state index in [4.69, 9.17) is 14.7 Å². The van der Waals surface area contributed by atoms with Crippen molar-refractivity contribution in [3.63, 3.8) is 0 Å². The molecule has 2 saturated heterocycles. The smallest absolute Gasteiger partial charge is 0.252 e. The van der Waals surface area contributed by atoms with Gasteiger partial charge in [-0.15, -0.1) is 0 Å². The molecule has 0 spiro atoms. The number of rotatable bonds is 5. The zero-order valence-electron chi connectivity index (χ0n) is 18.0. The topological polar surface area (TPSA) is 80.2 Å². The van der Waals surface area contributed by atoms with Gasteiger partial charge in [-0.1, -0.05) is 18.2 Å². The second kappa shape index (κ2) is 9.44. The lowest BCUT2D eigenvalue weighted by atomic mass is 10.1. The molecule has 5 rings (SSSR count). The third kappa shape index (κ3) is 4.48. The molecule has 2 fully saturated rings. The summed E-state index contributed by atoms with van der Waals surface area (Å²) in [5.41, 5.74) is 2.73. The molecule has 2 aliphatic heterocycles. The number of ether oxygens (including phenoxy) is 1. The third-order valence-electron chi connectivity index (χ3n) is 6.05. The van der Waals surface area contributed by atoms with Crippen molar-refractivity contribution < 1.29 is 9.53 Å². The molecule has 0 bridgehead atoms. The molecule has 0 aliphatic carbocycles. The number of nitrogens with one attached hydrogen (secondary N) is 1. The first-order valence-corrected chi connectivity index (χ1v) is 11.3. The molecule has 4 heterocycles. The van der Waals surface area contributed by atoms with E-state index < -0.39 is 0 Å². The van der Waals surface area contributed by atoms with Crippen molar-refractivity contribution in [1.29, 1.82) is 0 Å². The van der Waals surface area contributed by atoms with Crippen LogP contribution in [-0.2, 0) is 9.53 Å². The van der Waals surface area contributed by atoms with Crippen LogP contribution in [0.1, 0.15) is 44.0 Å². The number of hydrogen-bond acceptors (Lipinski definition) is 6. The van der Waals surface area contributed by atoms with Crippen LogP contribution in [0, 0.1) is 0 Å². The number of benzene rings is 1. The van der Waals surface area contributed by atoms with Crippen LogP contribution in [-0.4, -0.2) is 45.0 Å². The number of amides is 1. The number of nitrogens with zero attached hydrogens (tertiary/aromatic N) is 4. The van der Waals surface area contributed by atoms with E-state index in [1.807, 2.05) is 53.4 Å². The van der Waals surface area contributed by atoms with Crippen molar-refractivity contribution in [3.05, 3.63) is 66.7 Å². The Morgan fingerprint density at radius 3 is 2.62 bits per heavy atom. The van der Waals surface area contributed by atoms with E-state index in [9.17, 15) is 4.79 Å². The number of likely N-dealkylation sites (tertiary alicyclic amines) is 1. The van der Waals surface area contributed by atoms with Crippen molar-refractivity contribution in [3.8, 4) is 11.3 Å². The number of pyridine rings is 1. The van der Waals surface area contributed by atoms with E-state index >= 15 is 0 Å². The first-order valence-electron chi connectivity index (χ1n) is 11.3. The normalized spacial score (nSPS) is 20.8. The molecule has 3 aromatic rings. The maximum atomic E-state index is 13.2. The lowest BCUT2D eigenvalue weighted by molar-refractivity contribution is -0.147. The molecular weight excluding hydrogens is 402 g/mol. The minimum absolute atomic E-state index is 0.0719. The van der Waals surface area contributed by atoms with Crippen molar-refractivity contribution in [2.45, 2.75) is 44.2 Å². The molecule has 2 aromatic heterocycles. The molecule has 7 heteroatoms. The summed E-state index contributed by atoms with van der Waals surface area (Å²) in [5.74, 6) is 1.45. The van der Waals surface area contributed by atoms with Gasteiger partial charge in [0.05, 0.1) is 11.7 Å². The number of para-hydroxylation sites is 1. The summed E-state index contributed by atoms with van der Waals surface area (Å²) >= 11 is 0. The van der Waals surface area contributed by atoms with Gasteiger partial charge in [0.15, 0.2) is 5.82 Å². The highest BCUT2D eigenvalue weighted by Crippen LogP contribution is 2.34. The molecule has 164 valence electrons. The van der Waals surface area contributed by atoms with Crippen LogP contribution in [0.3, 0.4) is 0 Å². The highest BCUT2D eigenvalue weighted by Gasteiger charge is 2.36. The predicted molar refractivity (Wildman–Crippen MR) is 122 cm³/mol. The summed E-state index contributed by atoms with van der Waals surface area (Å²) in [6.45, 7) is 1.38. The number of carbonyl (C=O) groups excluding carboxylic acids is 1. The number of anilines is 2.